The number of aliphatic hydroxyl groups excluding tert-OH is 1. The lowest BCUT2D eigenvalue weighted by molar-refractivity contribution is 0.169. The molecule has 5 heteroatoms. The second-order valence-corrected chi connectivity index (χ2v) is 2.81. The summed E-state index contributed by atoms with van der Waals surface area (Å²) in [6.45, 7) is 1.85. The smallest absolute Gasteiger partial charge is 0.423 e. The van der Waals surface area contributed by atoms with Gasteiger partial charge in [-0.25, -0.2) is 0 Å². The van der Waals surface area contributed by atoms with Gasteiger partial charge in [-0.1, -0.05) is 13.0 Å². The van der Waals surface area contributed by atoms with E-state index in [2.05, 4.69) is 4.98 Å². The van der Waals surface area contributed by atoms with Crippen LogP contribution >= 0.6 is 0 Å². The van der Waals surface area contributed by atoms with Crippen molar-refractivity contribution in [2.45, 2.75) is 19.4 Å². The fourth-order valence-corrected chi connectivity index (χ4v) is 0.976. The summed E-state index contributed by atoms with van der Waals surface area (Å²) in [6, 6.07) is 3.12. The SMILES string of the molecule is CCC(O)c1ccc(B(O)O)cn1. The van der Waals surface area contributed by atoms with Crippen LogP contribution in [0.25, 0.3) is 0 Å². The zero-order valence-electron chi connectivity index (χ0n) is 7.38. The van der Waals surface area contributed by atoms with Crippen LogP contribution in [0.2, 0.25) is 0 Å². The minimum Gasteiger partial charge on any atom is -0.423 e. The molecule has 0 aromatic carbocycles. The van der Waals surface area contributed by atoms with Crippen molar-refractivity contribution in [2.75, 3.05) is 0 Å². The molecular formula is C8H12BNO3. The molecule has 1 rings (SSSR count). The Labute approximate surface area is 77.0 Å². The van der Waals surface area contributed by atoms with Crippen LogP contribution in [-0.4, -0.2) is 27.3 Å². The predicted molar refractivity (Wildman–Crippen MR) is 49.3 cm³/mol. The Morgan fingerprint density at radius 2 is 2.15 bits per heavy atom. The van der Waals surface area contributed by atoms with Crippen molar-refractivity contribution < 1.29 is 15.2 Å². The molecule has 1 unspecified atom stereocenters. The van der Waals surface area contributed by atoms with Gasteiger partial charge in [0.15, 0.2) is 0 Å². The van der Waals surface area contributed by atoms with Gasteiger partial charge >= 0.3 is 7.12 Å². The number of hydrogen-bond acceptors (Lipinski definition) is 4. The largest absolute Gasteiger partial charge is 0.490 e. The van der Waals surface area contributed by atoms with E-state index in [-0.39, 0.29) is 0 Å². The first-order valence-electron chi connectivity index (χ1n) is 4.15. The van der Waals surface area contributed by atoms with E-state index in [1.54, 1.807) is 6.07 Å². The number of hydrogen-bond donors (Lipinski definition) is 3. The van der Waals surface area contributed by atoms with E-state index in [1.165, 1.54) is 12.3 Å². The summed E-state index contributed by atoms with van der Waals surface area (Å²) >= 11 is 0. The average Bonchev–Trinajstić information content (AvgIpc) is 2.17. The second-order valence-electron chi connectivity index (χ2n) is 2.81. The first-order chi connectivity index (χ1) is 6.15. The molecule has 70 valence electrons. The zero-order valence-corrected chi connectivity index (χ0v) is 7.38. The van der Waals surface area contributed by atoms with Gasteiger partial charge in [-0.15, -0.1) is 0 Å². The van der Waals surface area contributed by atoms with Gasteiger partial charge in [-0.05, 0) is 12.5 Å². The summed E-state index contributed by atoms with van der Waals surface area (Å²) in [6.07, 6.45) is 1.36. The van der Waals surface area contributed by atoms with Crippen LogP contribution in [0.4, 0.5) is 0 Å². The van der Waals surface area contributed by atoms with Crippen LogP contribution in [0.5, 0.6) is 0 Å². The van der Waals surface area contributed by atoms with E-state index in [4.69, 9.17) is 10.0 Å². The van der Waals surface area contributed by atoms with Crippen molar-refractivity contribution in [2.24, 2.45) is 0 Å². The van der Waals surface area contributed by atoms with Crippen LogP contribution in [0.1, 0.15) is 25.1 Å². The van der Waals surface area contributed by atoms with Crippen molar-refractivity contribution in [3.05, 3.63) is 24.0 Å². The molecule has 0 saturated carbocycles. The lowest BCUT2D eigenvalue weighted by Crippen LogP contribution is -2.30. The Morgan fingerprint density at radius 3 is 2.54 bits per heavy atom. The Balaban J connectivity index is 2.81. The zero-order chi connectivity index (χ0) is 9.84. The maximum absolute atomic E-state index is 9.37. The number of rotatable bonds is 3. The summed E-state index contributed by atoms with van der Waals surface area (Å²) < 4.78 is 0. The van der Waals surface area contributed by atoms with E-state index < -0.39 is 13.2 Å². The highest BCUT2D eigenvalue weighted by Crippen LogP contribution is 2.11. The Bertz CT molecular complexity index is 263. The van der Waals surface area contributed by atoms with Gasteiger partial charge in [0.1, 0.15) is 0 Å². The maximum atomic E-state index is 9.37. The molecule has 1 atom stereocenters. The second kappa shape index (κ2) is 4.36. The number of aromatic nitrogens is 1. The molecular weight excluding hydrogens is 169 g/mol. The standard InChI is InChI=1S/C8H12BNO3/c1-2-8(11)7-4-3-6(5-10-7)9(12)13/h3-5,8,11-13H,2H2,1H3. The third-order valence-electron chi connectivity index (χ3n) is 1.84. The van der Waals surface area contributed by atoms with Crippen LogP contribution in [0.3, 0.4) is 0 Å². The Hall–Kier alpha value is -0.905. The van der Waals surface area contributed by atoms with Crippen molar-refractivity contribution >= 4 is 12.6 Å². The Morgan fingerprint density at radius 1 is 1.46 bits per heavy atom. The van der Waals surface area contributed by atoms with Gasteiger partial charge in [0, 0.05) is 11.7 Å². The molecule has 1 heterocycles. The molecule has 0 radical (unpaired) electrons. The first-order valence-corrected chi connectivity index (χ1v) is 4.15. The number of pyridine rings is 1. The molecule has 0 saturated heterocycles. The molecule has 0 aliphatic heterocycles. The molecule has 0 fully saturated rings. The molecule has 1 aromatic rings. The summed E-state index contributed by atoms with van der Waals surface area (Å²) in [5.74, 6) is 0. The highest BCUT2D eigenvalue weighted by Gasteiger charge is 2.12. The van der Waals surface area contributed by atoms with E-state index in [9.17, 15) is 5.11 Å². The predicted octanol–water partition coefficient (Wildman–Crippen LogP) is -0.795. The van der Waals surface area contributed by atoms with Crippen LogP contribution in [0, 0.1) is 0 Å². The molecule has 0 amide bonds. The Kier molecular flexibility index (Phi) is 3.42. The van der Waals surface area contributed by atoms with Crippen molar-refractivity contribution in [3.63, 3.8) is 0 Å². The van der Waals surface area contributed by atoms with Crippen molar-refractivity contribution in [1.29, 1.82) is 0 Å². The molecule has 0 aliphatic carbocycles. The van der Waals surface area contributed by atoms with Gasteiger partial charge in [0.25, 0.3) is 0 Å². The third-order valence-corrected chi connectivity index (χ3v) is 1.84. The lowest BCUT2D eigenvalue weighted by Gasteiger charge is -2.07. The average molecular weight is 181 g/mol. The topological polar surface area (TPSA) is 73.6 Å². The fraction of sp³-hybridized carbons (Fsp3) is 0.375. The van der Waals surface area contributed by atoms with Crippen molar-refractivity contribution in [1.82, 2.24) is 4.98 Å². The lowest BCUT2D eigenvalue weighted by atomic mass is 9.81. The summed E-state index contributed by atoms with van der Waals surface area (Å²) in [7, 11) is -1.50. The molecule has 3 N–H and O–H groups in total. The normalized spacial score (nSPS) is 12.6. The summed E-state index contributed by atoms with van der Waals surface area (Å²) in [5, 5.41) is 26.9. The molecule has 13 heavy (non-hydrogen) atoms. The first kappa shape index (κ1) is 10.2. The van der Waals surface area contributed by atoms with Gasteiger partial charge in [-0.3, -0.25) is 4.98 Å². The monoisotopic (exact) mass is 181 g/mol. The molecule has 0 aliphatic rings. The fourth-order valence-electron chi connectivity index (χ4n) is 0.976. The molecule has 4 nitrogen and oxygen atoms in total. The van der Waals surface area contributed by atoms with Crippen LogP contribution in [0.15, 0.2) is 18.3 Å². The highest BCUT2D eigenvalue weighted by atomic mass is 16.4. The van der Waals surface area contributed by atoms with E-state index in [0.717, 1.165) is 0 Å². The summed E-state index contributed by atoms with van der Waals surface area (Å²) in [4.78, 5) is 3.90. The highest BCUT2D eigenvalue weighted by molar-refractivity contribution is 6.58. The molecule has 0 bridgehead atoms. The van der Waals surface area contributed by atoms with Gasteiger partial charge in [-0.2, -0.15) is 0 Å². The van der Waals surface area contributed by atoms with Crippen LogP contribution < -0.4 is 5.46 Å². The number of nitrogens with zero attached hydrogens (tertiary/aromatic N) is 1. The number of aliphatic hydroxyl groups is 1. The minimum atomic E-state index is -1.50. The van der Waals surface area contributed by atoms with Gasteiger partial charge in [0.2, 0.25) is 0 Å². The third kappa shape index (κ3) is 2.52. The van der Waals surface area contributed by atoms with Gasteiger partial charge in [0.05, 0.1) is 11.8 Å². The quantitative estimate of drug-likeness (QED) is 0.534. The van der Waals surface area contributed by atoms with Crippen LogP contribution in [-0.2, 0) is 0 Å². The summed E-state index contributed by atoms with van der Waals surface area (Å²) in [5.41, 5.74) is 0.874. The minimum absolute atomic E-state index is 0.326. The van der Waals surface area contributed by atoms with E-state index in [1.807, 2.05) is 6.92 Å². The van der Waals surface area contributed by atoms with Crippen molar-refractivity contribution in [3.8, 4) is 0 Å². The van der Waals surface area contributed by atoms with E-state index in [0.29, 0.717) is 17.6 Å². The van der Waals surface area contributed by atoms with Gasteiger partial charge < -0.3 is 15.2 Å². The molecule has 1 aromatic heterocycles. The maximum Gasteiger partial charge on any atom is 0.490 e. The molecule has 0 spiro atoms. The van der Waals surface area contributed by atoms with E-state index >= 15 is 0 Å².